The van der Waals surface area contributed by atoms with Gasteiger partial charge in [0.1, 0.15) is 0 Å². The van der Waals surface area contributed by atoms with Gasteiger partial charge in [-0.25, -0.2) is 0 Å². The molecule has 5 aromatic rings. The van der Waals surface area contributed by atoms with Crippen LogP contribution in [0.25, 0.3) is 42.4 Å². The summed E-state index contributed by atoms with van der Waals surface area (Å²) in [6.07, 6.45) is 1.90. The van der Waals surface area contributed by atoms with Gasteiger partial charge in [-0.05, 0) is 123 Å². The second kappa shape index (κ2) is 13.0. The molecular formula is C40H40O4S. The van der Waals surface area contributed by atoms with E-state index in [2.05, 4.69) is 120 Å². The maximum atomic E-state index is 11.9. The zero-order valence-corrected chi connectivity index (χ0v) is 27.8. The van der Waals surface area contributed by atoms with E-state index in [1.807, 2.05) is 0 Å². The monoisotopic (exact) mass is 616 g/mol. The van der Waals surface area contributed by atoms with E-state index in [0.29, 0.717) is 19.4 Å². The molecule has 1 heterocycles. The molecule has 0 aliphatic heterocycles. The maximum absolute atomic E-state index is 11.9. The van der Waals surface area contributed by atoms with Crippen molar-refractivity contribution in [2.24, 2.45) is 10.8 Å². The number of carboxylic acids is 1. The minimum Gasteiger partial charge on any atom is -0.481 e. The first kappa shape index (κ1) is 32.1. The number of thiophene rings is 1. The first-order chi connectivity index (χ1) is 21.3. The minimum atomic E-state index is -0.900. The predicted molar refractivity (Wildman–Crippen MR) is 188 cm³/mol. The van der Waals surface area contributed by atoms with Gasteiger partial charge in [0, 0.05) is 49.8 Å². The number of hydrogen-bond donors (Lipinski definition) is 1. The summed E-state index contributed by atoms with van der Waals surface area (Å²) in [4.78, 5) is 23.8. The van der Waals surface area contributed by atoms with Crippen LogP contribution < -0.4 is 0 Å². The second-order valence-electron chi connectivity index (χ2n) is 13.7. The number of hydrogen-bond acceptors (Lipinski definition) is 4. The first-order valence-corrected chi connectivity index (χ1v) is 16.4. The molecule has 0 fully saturated rings. The SMILES string of the molecule is CC(C)(C)C#Cc1c2cc3ccccc3cc2c(C#CC(C)(C)C)c2cc3sc(CCCOC(=O)CCCC(=O)O)cc3cc12. The Morgan fingerprint density at radius 2 is 1.27 bits per heavy atom. The molecule has 0 unspecified atom stereocenters. The molecule has 0 aliphatic rings. The number of fused-ring (bicyclic) bond motifs is 4. The third kappa shape index (κ3) is 8.05. The summed E-state index contributed by atoms with van der Waals surface area (Å²) in [5.41, 5.74) is 1.76. The molecule has 4 aromatic carbocycles. The first-order valence-electron chi connectivity index (χ1n) is 15.6. The zero-order valence-electron chi connectivity index (χ0n) is 27.0. The van der Waals surface area contributed by atoms with Crippen LogP contribution in [-0.2, 0) is 20.7 Å². The summed E-state index contributed by atoms with van der Waals surface area (Å²) < 4.78 is 6.53. The molecule has 0 bridgehead atoms. The average molecular weight is 617 g/mol. The van der Waals surface area contributed by atoms with Gasteiger partial charge < -0.3 is 9.84 Å². The summed E-state index contributed by atoms with van der Waals surface area (Å²) in [7, 11) is 0. The molecular weight excluding hydrogens is 577 g/mol. The van der Waals surface area contributed by atoms with Crippen molar-refractivity contribution in [2.45, 2.75) is 73.6 Å². The Morgan fingerprint density at radius 3 is 1.80 bits per heavy atom. The lowest BCUT2D eigenvalue weighted by atomic mass is 9.88. The van der Waals surface area contributed by atoms with Crippen molar-refractivity contribution in [3.05, 3.63) is 70.6 Å². The number of aryl methyl sites for hydroxylation is 1. The minimum absolute atomic E-state index is 0.0236. The normalized spacial score (nSPS) is 11.8. The number of carbonyl (C=O) groups excluding carboxylic acids is 1. The van der Waals surface area contributed by atoms with E-state index in [0.717, 1.165) is 39.1 Å². The highest BCUT2D eigenvalue weighted by Crippen LogP contribution is 2.39. The summed E-state index contributed by atoms with van der Waals surface area (Å²) in [6, 6.07) is 19.8. The highest BCUT2D eigenvalue weighted by molar-refractivity contribution is 7.19. The van der Waals surface area contributed by atoms with E-state index in [4.69, 9.17) is 9.84 Å². The van der Waals surface area contributed by atoms with Crippen LogP contribution in [0, 0.1) is 34.5 Å². The molecule has 0 radical (unpaired) electrons. The summed E-state index contributed by atoms with van der Waals surface area (Å²) >= 11 is 1.76. The zero-order chi connectivity index (χ0) is 32.4. The van der Waals surface area contributed by atoms with Gasteiger partial charge in [-0.15, -0.1) is 11.3 Å². The Bertz CT molecular complexity index is 1930. The quantitative estimate of drug-likeness (QED) is 0.0816. The molecule has 0 spiro atoms. The van der Waals surface area contributed by atoms with Crippen LogP contribution in [-0.4, -0.2) is 23.7 Å². The molecule has 5 heteroatoms. The molecule has 1 N–H and O–H groups in total. The van der Waals surface area contributed by atoms with Crippen molar-refractivity contribution in [2.75, 3.05) is 6.61 Å². The fourth-order valence-electron chi connectivity index (χ4n) is 5.28. The molecule has 230 valence electrons. The molecule has 0 atom stereocenters. The van der Waals surface area contributed by atoms with Gasteiger partial charge in [-0.2, -0.15) is 0 Å². The molecule has 5 rings (SSSR count). The predicted octanol–water partition coefficient (Wildman–Crippen LogP) is 9.89. The molecule has 1 aromatic heterocycles. The van der Waals surface area contributed by atoms with Crippen molar-refractivity contribution in [1.82, 2.24) is 0 Å². The van der Waals surface area contributed by atoms with Gasteiger partial charge in [0.15, 0.2) is 0 Å². The van der Waals surface area contributed by atoms with Gasteiger partial charge in [-0.3, -0.25) is 9.59 Å². The molecule has 0 amide bonds. The lowest BCUT2D eigenvalue weighted by molar-refractivity contribution is -0.144. The van der Waals surface area contributed by atoms with Crippen molar-refractivity contribution >= 4 is 65.7 Å². The highest BCUT2D eigenvalue weighted by Gasteiger charge is 2.17. The van der Waals surface area contributed by atoms with Gasteiger partial charge in [0.05, 0.1) is 6.61 Å². The molecule has 0 saturated heterocycles. The highest BCUT2D eigenvalue weighted by atomic mass is 32.1. The van der Waals surface area contributed by atoms with Gasteiger partial charge >= 0.3 is 11.9 Å². The van der Waals surface area contributed by atoms with Crippen LogP contribution in [0.3, 0.4) is 0 Å². The van der Waals surface area contributed by atoms with Crippen LogP contribution in [0.1, 0.15) is 83.2 Å². The van der Waals surface area contributed by atoms with E-state index in [9.17, 15) is 9.59 Å². The fraction of sp³-hybridized carbons (Fsp3) is 0.350. The molecule has 0 aliphatic carbocycles. The van der Waals surface area contributed by atoms with E-state index in [1.54, 1.807) is 11.3 Å². The molecule has 0 saturated carbocycles. The number of rotatable bonds is 8. The van der Waals surface area contributed by atoms with Crippen LogP contribution in [0.2, 0.25) is 0 Å². The third-order valence-electron chi connectivity index (χ3n) is 7.40. The number of aliphatic carboxylic acids is 1. The van der Waals surface area contributed by atoms with E-state index < -0.39 is 5.97 Å². The Labute approximate surface area is 269 Å². The average Bonchev–Trinajstić information content (AvgIpc) is 3.35. The topological polar surface area (TPSA) is 63.6 Å². The van der Waals surface area contributed by atoms with E-state index >= 15 is 0 Å². The third-order valence-corrected chi connectivity index (χ3v) is 8.56. The standard InChI is InChI=1S/C40H40O4S/c1-39(2,3)18-16-30-32-22-26-11-7-8-12-27(26)23-33(32)31(17-19-40(4,5)6)35-25-36-28(24-34(30)35)21-29(45-36)13-10-20-44-38(43)15-9-14-37(41)42/h7-8,11-12,21-25H,9-10,13-15,20H2,1-6H3,(H,41,42). The van der Waals surface area contributed by atoms with Crippen LogP contribution >= 0.6 is 11.3 Å². The van der Waals surface area contributed by atoms with Gasteiger partial charge in [-0.1, -0.05) is 47.9 Å². The van der Waals surface area contributed by atoms with Crippen molar-refractivity contribution in [3.63, 3.8) is 0 Å². The van der Waals surface area contributed by atoms with Crippen LogP contribution in [0.15, 0.2) is 54.6 Å². The maximum Gasteiger partial charge on any atom is 0.305 e. The van der Waals surface area contributed by atoms with E-state index in [1.165, 1.54) is 25.7 Å². The molecule has 4 nitrogen and oxygen atoms in total. The lowest BCUT2D eigenvalue weighted by Crippen LogP contribution is -2.07. The van der Waals surface area contributed by atoms with Gasteiger partial charge in [0.25, 0.3) is 0 Å². The lowest BCUT2D eigenvalue weighted by Gasteiger charge is -2.14. The van der Waals surface area contributed by atoms with Crippen molar-refractivity contribution in [1.29, 1.82) is 0 Å². The largest absolute Gasteiger partial charge is 0.481 e. The Hall–Kier alpha value is -4.32. The van der Waals surface area contributed by atoms with Crippen molar-refractivity contribution in [3.8, 4) is 23.7 Å². The summed E-state index contributed by atoms with van der Waals surface area (Å²) in [5, 5.41) is 16.8. The van der Waals surface area contributed by atoms with Crippen LogP contribution in [0.4, 0.5) is 0 Å². The number of benzene rings is 4. The number of carboxylic acid groups (broad SMARTS) is 1. The fourth-order valence-corrected chi connectivity index (χ4v) is 6.41. The van der Waals surface area contributed by atoms with E-state index in [-0.39, 0.29) is 29.6 Å². The number of ether oxygens (including phenoxy) is 1. The Morgan fingerprint density at radius 1 is 0.733 bits per heavy atom. The summed E-state index contributed by atoms with van der Waals surface area (Å²) in [6.45, 7) is 13.2. The summed E-state index contributed by atoms with van der Waals surface area (Å²) in [5.74, 6) is 13.0. The second-order valence-corrected chi connectivity index (χ2v) is 14.9. The smallest absolute Gasteiger partial charge is 0.305 e. The molecule has 45 heavy (non-hydrogen) atoms. The van der Waals surface area contributed by atoms with Gasteiger partial charge in [0.2, 0.25) is 0 Å². The number of esters is 1. The Kier molecular flexibility index (Phi) is 9.24. The van der Waals surface area contributed by atoms with Crippen molar-refractivity contribution < 1.29 is 19.4 Å². The number of carbonyl (C=O) groups is 2. The van der Waals surface area contributed by atoms with Crippen LogP contribution in [0.5, 0.6) is 0 Å². The Balaban J connectivity index is 1.61.